The van der Waals surface area contributed by atoms with Gasteiger partial charge in [-0.15, -0.1) is 0 Å². The number of nitrogens with one attached hydrogen (secondary N) is 1. The SMILES string of the molecule is Cc1cccc(NC(=O)[C@]23CC[C@@H](C)[C@H](C)[C@H]2C2=CC[C@@H]4[C@@]5(C)CCC(=O)C(C)(C)[C@@H]5CC[C@@]4(C)[C@]2(C)CC3)c1. The van der Waals surface area contributed by atoms with Crippen molar-refractivity contribution in [2.75, 3.05) is 5.32 Å². The first kappa shape index (κ1) is 28.2. The van der Waals surface area contributed by atoms with Gasteiger partial charge in [-0.2, -0.15) is 0 Å². The lowest BCUT2D eigenvalue weighted by atomic mass is 9.33. The maximum absolute atomic E-state index is 14.4. The highest BCUT2D eigenvalue weighted by Crippen LogP contribution is 2.75. The number of carbonyl (C=O) groups is 2. The first-order valence-electron chi connectivity index (χ1n) is 16.3. The monoisotopic (exact) mass is 543 g/mol. The van der Waals surface area contributed by atoms with E-state index in [1.807, 2.05) is 12.1 Å². The number of benzene rings is 1. The summed E-state index contributed by atoms with van der Waals surface area (Å²) in [7, 11) is 0. The van der Waals surface area contributed by atoms with Crippen LogP contribution in [-0.2, 0) is 9.59 Å². The van der Waals surface area contributed by atoms with E-state index in [9.17, 15) is 9.59 Å². The minimum atomic E-state index is -0.329. The van der Waals surface area contributed by atoms with Gasteiger partial charge in [-0.05, 0) is 122 Å². The number of amides is 1. The Morgan fingerprint density at radius 1 is 0.925 bits per heavy atom. The molecule has 3 nitrogen and oxygen atoms in total. The molecule has 4 saturated carbocycles. The molecule has 1 aromatic rings. The van der Waals surface area contributed by atoms with Crippen molar-refractivity contribution in [2.45, 2.75) is 113 Å². The maximum Gasteiger partial charge on any atom is 0.231 e. The topological polar surface area (TPSA) is 46.2 Å². The molecule has 0 aliphatic heterocycles. The molecule has 1 amide bonds. The number of fused-ring (bicyclic) bond motifs is 7. The number of allylic oxidation sites excluding steroid dienone is 2. The number of anilines is 1. The summed E-state index contributed by atoms with van der Waals surface area (Å²) in [5.41, 5.74) is 3.66. The minimum absolute atomic E-state index is 0.0958. The average Bonchev–Trinajstić information content (AvgIpc) is 2.89. The molecule has 0 aromatic heterocycles. The fourth-order valence-electron chi connectivity index (χ4n) is 11.7. The molecule has 5 aliphatic rings. The number of hydrogen-bond acceptors (Lipinski definition) is 2. The second kappa shape index (κ2) is 9.05. The second-order valence-corrected chi connectivity index (χ2v) is 16.3. The van der Waals surface area contributed by atoms with Crippen LogP contribution in [0.3, 0.4) is 0 Å². The molecule has 218 valence electrons. The molecule has 1 aromatic carbocycles. The van der Waals surface area contributed by atoms with Crippen molar-refractivity contribution in [1.29, 1.82) is 0 Å². The molecule has 0 radical (unpaired) electrons. The van der Waals surface area contributed by atoms with Crippen LogP contribution in [0, 0.1) is 63.6 Å². The molecule has 0 bridgehead atoms. The highest BCUT2D eigenvalue weighted by molar-refractivity contribution is 5.96. The van der Waals surface area contributed by atoms with Crippen LogP contribution in [0.15, 0.2) is 35.9 Å². The highest BCUT2D eigenvalue weighted by atomic mass is 16.2. The molecular weight excluding hydrogens is 490 g/mol. The quantitative estimate of drug-likeness (QED) is 0.378. The molecule has 4 fully saturated rings. The Hall–Kier alpha value is -1.90. The van der Waals surface area contributed by atoms with Crippen molar-refractivity contribution < 1.29 is 9.59 Å². The van der Waals surface area contributed by atoms with Gasteiger partial charge in [0.1, 0.15) is 5.78 Å². The third-order valence-corrected chi connectivity index (χ3v) is 14.5. The Bertz CT molecular complexity index is 1260. The fraction of sp³-hybridized carbons (Fsp3) is 0.730. The Balaban J connectivity index is 1.41. The van der Waals surface area contributed by atoms with Crippen LogP contribution < -0.4 is 5.32 Å². The van der Waals surface area contributed by atoms with Crippen LogP contribution in [0.5, 0.6) is 0 Å². The van der Waals surface area contributed by atoms with E-state index in [4.69, 9.17) is 0 Å². The Labute approximate surface area is 243 Å². The normalized spacial score (nSPS) is 45.8. The smallest absolute Gasteiger partial charge is 0.231 e. The van der Waals surface area contributed by atoms with Crippen LogP contribution in [0.1, 0.15) is 112 Å². The van der Waals surface area contributed by atoms with Crippen molar-refractivity contribution in [2.24, 2.45) is 56.7 Å². The van der Waals surface area contributed by atoms with Crippen LogP contribution in [0.2, 0.25) is 0 Å². The predicted octanol–water partition coefficient (Wildman–Crippen LogP) is 9.16. The van der Waals surface area contributed by atoms with Gasteiger partial charge in [-0.3, -0.25) is 9.59 Å². The molecular formula is C37H53NO2. The number of ketones is 1. The van der Waals surface area contributed by atoms with E-state index in [0.29, 0.717) is 35.4 Å². The number of aryl methyl sites for hydroxylation is 1. The van der Waals surface area contributed by atoms with E-state index in [0.717, 1.165) is 57.1 Å². The van der Waals surface area contributed by atoms with E-state index in [1.165, 1.54) is 12.0 Å². The van der Waals surface area contributed by atoms with E-state index in [1.54, 1.807) is 5.57 Å². The van der Waals surface area contributed by atoms with Gasteiger partial charge in [0, 0.05) is 17.5 Å². The standard InChI is InChI=1S/C37H53NO2/c1-23-10-9-11-26(22-23)38-32(40)37-19-14-24(2)25(3)31(37)27-12-13-29-34(6)17-16-30(39)33(4,5)28(34)15-18-36(29,8)35(27,7)20-21-37/h9-12,22,24-25,28-29,31H,13-21H2,1-8H3,(H,38,40)/t24-,25+,28+,29-,31+,34+,35-,36-,37+/m1/s1. The summed E-state index contributed by atoms with van der Waals surface area (Å²) < 4.78 is 0. The van der Waals surface area contributed by atoms with Crippen LogP contribution in [-0.4, -0.2) is 11.7 Å². The highest BCUT2D eigenvalue weighted by Gasteiger charge is 2.69. The molecule has 5 aliphatic carbocycles. The third-order valence-electron chi connectivity index (χ3n) is 14.5. The number of rotatable bonds is 2. The van der Waals surface area contributed by atoms with Crippen molar-refractivity contribution in [3.8, 4) is 0 Å². The summed E-state index contributed by atoms with van der Waals surface area (Å²) in [6, 6.07) is 8.28. The predicted molar refractivity (Wildman–Crippen MR) is 164 cm³/mol. The maximum atomic E-state index is 14.4. The van der Waals surface area contributed by atoms with Crippen LogP contribution in [0.4, 0.5) is 5.69 Å². The molecule has 0 saturated heterocycles. The third kappa shape index (κ3) is 3.60. The van der Waals surface area contributed by atoms with Crippen molar-refractivity contribution in [1.82, 2.24) is 0 Å². The Morgan fingerprint density at radius 3 is 2.40 bits per heavy atom. The summed E-state index contributed by atoms with van der Waals surface area (Å²) in [6.07, 6.45) is 12.1. The van der Waals surface area contributed by atoms with Gasteiger partial charge in [0.25, 0.3) is 0 Å². The Morgan fingerprint density at radius 2 is 1.68 bits per heavy atom. The summed E-state index contributed by atoms with van der Waals surface area (Å²) in [6.45, 7) is 19.2. The van der Waals surface area contributed by atoms with Gasteiger partial charge < -0.3 is 5.32 Å². The number of hydrogen-bond donors (Lipinski definition) is 1. The van der Waals surface area contributed by atoms with Crippen molar-refractivity contribution in [3.05, 3.63) is 41.5 Å². The molecule has 1 N–H and O–H groups in total. The van der Waals surface area contributed by atoms with E-state index in [-0.39, 0.29) is 33.0 Å². The van der Waals surface area contributed by atoms with Gasteiger partial charge in [0.05, 0.1) is 5.41 Å². The minimum Gasteiger partial charge on any atom is -0.326 e. The van der Waals surface area contributed by atoms with Crippen molar-refractivity contribution >= 4 is 17.4 Å². The summed E-state index contributed by atoms with van der Waals surface area (Å²) in [5, 5.41) is 3.41. The van der Waals surface area contributed by atoms with Gasteiger partial charge in [-0.25, -0.2) is 0 Å². The zero-order valence-corrected chi connectivity index (χ0v) is 26.5. The summed E-state index contributed by atoms with van der Waals surface area (Å²) in [5.74, 6) is 3.19. The van der Waals surface area contributed by atoms with Crippen molar-refractivity contribution in [3.63, 3.8) is 0 Å². The summed E-state index contributed by atoms with van der Waals surface area (Å²) in [4.78, 5) is 27.5. The van der Waals surface area contributed by atoms with E-state index in [2.05, 4.69) is 78.9 Å². The van der Waals surface area contributed by atoms with Gasteiger partial charge in [0.15, 0.2) is 0 Å². The van der Waals surface area contributed by atoms with Gasteiger partial charge in [-0.1, -0.05) is 72.2 Å². The van der Waals surface area contributed by atoms with Gasteiger partial charge in [0.2, 0.25) is 5.91 Å². The van der Waals surface area contributed by atoms with Crippen LogP contribution >= 0.6 is 0 Å². The molecule has 3 heteroatoms. The first-order valence-corrected chi connectivity index (χ1v) is 16.3. The molecule has 0 heterocycles. The molecule has 0 unspecified atom stereocenters. The lowest BCUT2D eigenvalue weighted by Gasteiger charge is -2.71. The summed E-state index contributed by atoms with van der Waals surface area (Å²) >= 11 is 0. The largest absolute Gasteiger partial charge is 0.326 e. The molecule has 9 atom stereocenters. The lowest BCUT2D eigenvalue weighted by Crippen LogP contribution is -2.65. The second-order valence-electron chi connectivity index (χ2n) is 16.3. The molecule has 40 heavy (non-hydrogen) atoms. The molecule has 6 rings (SSSR count). The first-order chi connectivity index (χ1) is 18.7. The zero-order valence-electron chi connectivity index (χ0n) is 26.5. The van der Waals surface area contributed by atoms with Gasteiger partial charge >= 0.3 is 0 Å². The molecule has 0 spiro atoms. The fourth-order valence-corrected chi connectivity index (χ4v) is 11.7. The van der Waals surface area contributed by atoms with E-state index >= 15 is 0 Å². The Kier molecular flexibility index (Phi) is 6.39. The zero-order chi connectivity index (χ0) is 28.9. The van der Waals surface area contributed by atoms with E-state index < -0.39 is 0 Å². The van der Waals surface area contributed by atoms with Crippen LogP contribution in [0.25, 0.3) is 0 Å². The average molecular weight is 544 g/mol. The number of Topliss-reactive ketones (excluding diaryl/α,β-unsaturated/α-hetero) is 1. The lowest BCUT2D eigenvalue weighted by molar-refractivity contribution is -0.186. The number of carbonyl (C=O) groups excluding carboxylic acids is 2.